The largest absolute Gasteiger partial charge is 0.329 e. The maximum absolute atomic E-state index is 11.7. The molecule has 0 aliphatic carbocycles. The fourth-order valence-electron chi connectivity index (χ4n) is 1.56. The molecule has 0 heterocycles. The number of anilines is 1. The van der Waals surface area contributed by atoms with Gasteiger partial charge in [-0.1, -0.05) is 45.2 Å². The first kappa shape index (κ1) is 17.5. The Morgan fingerprint density at radius 2 is 1.61 bits per heavy atom. The lowest BCUT2D eigenvalue weighted by Crippen LogP contribution is -2.32. The number of amides is 2. The van der Waals surface area contributed by atoms with E-state index < -0.39 is 11.8 Å². The Bertz CT molecular complexity index is 744. The predicted molar refractivity (Wildman–Crippen MR) is 95.0 cm³/mol. The fraction of sp³-hybridized carbons (Fsp3) is 0. The topological polar surface area (TPSA) is 70.6 Å². The summed E-state index contributed by atoms with van der Waals surface area (Å²) < 4.78 is 0.862. The zero-order chi connectivity index (χ0) is 16.8. The van der Waals surface area contributed by atoms with E-state index in [0.717, 1.165) is 4.47 Å². The number of rotatable bonds is 3. The van der Waals surface area contributed by atoms with Gasteiger partial charge in [-0.2, -0.15) is 5.10 Å². The number of carbonyl (C=O) groups excluding carboxylic acids is 2. The van der Waals surface area contributed by atoms with Crippen LogP contribution < -0.4 is 10.7 Å². The van der Waals surface area contributed by atoms with Crippen LogP contribution in [0, 0.1) is 0 Å². The normalized spacial score (nSPS) is 10.6. The third kappa shape index (κ3) is 5.06. The molecule has 0 aliphatic rings. The van der Waals surface area contributed by atoms with E-state index in [0.29, 0.717) is 21.3 Å². The van der Waals surface area contributed by atoms with E-state index in [1.807, 2.05) is 0 Å². The second-order valence-corrected chi connectivity index (χ2v) is 6.03. The van der Waals surface area contributed by atoms with Gasteiger partial charge in [-0.25, -0.2) is 5.43 Å². The molecule has 2 N–H and O–H groups in total. The molecule has 0 unspecified atom stereocenters. The van der Waals surface area contributed by atoms with Crippen LogP contribution in [0.1, 0.15) is 5.56 Å². The van der Waals surface area contributed by atoms with Gasteiger partial charge in [-0.05, 0) is 36.4 Å². The Hall–Kier alpha value is -1.89. The van der Waals surface area contributed by atoms with Gasteiger partial charge in [0.25, 0.3) is 0 Å². The van der Waals surface area contributed by atoms with E-state index in [1.165, 1.54) is 6.21 Å². The molecule has 0 spiro atoms. The van der Waals surface area contributed by atoms with Gasteiger partial charge in [-0.3, -0.25) is 9.59 Å². The Balaban J connectivity index is 1.95. The van der Waals surface area contributed by atoms with Crippen LogP contribution >= 0.6 is 39.1 Å². The SMILES string of the molecule is O=C(NN=Cc1c(Cl)cccc1Cl)C(=O)Nc1ccc(Br)cc1. The zero-order valence-corrected chi connectivity index (χ0v) is 14.6. The number of hydrazone groups is 1. The standard InChI is InChI=1S/C15H10BrCl2N3O2/c16-9-4-6-10(7-5-9)20-14(22)15(23)21-19-8-11-12(17)2-1-3-13(11)18/h1-8H,(H,20,22)(H,21,23). The summed E-state index contributed by atoms with van der Waals surface area (Å²) in [6.45, 7) is 0. The van der Waals surface area contributed by atoms with Crippen LogP contribution in [0.2, 0.25) is 10.0 Å². The van der Waals surface area contributed by atoms with Gasteiger partial charge >= 0.3 is 11.8 Å². The molecule has 0 aliphatic heterocycles. The summed E-state index contributed by atoms with van der Waals surface area (Å²) in [4.78, 5) is 23.4. The molecule has 5 nitrogen and oxygen atoms in total. The number of carbonyl (C=O) groups is 2. The van der Waals surface area contributed by atoms with Crippen LogP contribution in [0.25, 0.3) is 0 Å². The van der Waals surface area contributed by atoms with E-state index in [1.54, 1.807) is 42.5 Å². The molecule has 2 aromatic rings. The summed E-state index contributed by atoms with van der Waals surface area (Å²) in [5.74, 6) is -1.75. The summed E-state index contributed by atoms with van der Waals surface area (Å²) in [5, 5.41) is 6.89. The predicted octanol–water partition coefficient (Wildman–Crippen LogP) is 3.84. The van der Waals surface area contributed by atoms with Crippen molar-refractivity contribution in [3.8, 4) is 0 Å². The molecule has 2 rings (SSSR count). The van der Waals surface area contributed by atoms with E-state index in [2.05, 4.69) is 31.8 Å². The van der Waals surface area contributed by atoms with Gasteiger partial charge < -0.3 is 5.32 Å². The van der Waals surface area contributed by atoms with Gasteiger partial charge in [-0.15, -0.1) is 0 Å². The average Bonchev–Trinajstić information content (AvgIpc) is 2.52. The minimum Gasteiger partial charge on any atom is -0.318 e. The van der Waals surface area contributed by atoms with Gasteiger partial charge in [0.1, 0.15) is 0 Å². The number of benzene rings is 2. The van der Waals surface area contributed by atoms with Crippen molar-refractivity contribution in [2.24, 2.45) is 5.10 Å². The Morgan fingerprint density at radius 1 is 1.00 bits per heavy atom. The quantitative estimate of drug-likeness (QED) is 0.455. The first-order valence-corrected chi connectivity index (χ1v) is 7.86. The van der Waals surface area contributed by atoms with Crippen LogP contribution in [0.5, 0.6) is 0 Å². The molecule has 8 heteroatoms. The third-order valence-corrected chi connectivity index (χ3v) is 3.86. The van der Waals surface area contributed by atoms with Crippen LogP contribution in [-0.2, 0) is 9.59 Å². The Labute approximate surface area is 150 Å². The zero-order valence-electron chi connectivity index (χ0n) is 11.5. The van der Waals surface area contributed by atoms with E-state index in [9.17, 15) is 9.59 Å². The molecule has 0 fully saturated rings. The summed E-state index contributed by atoms with van der Waals surface area (Å²) in [6.07, 6.45) is 1.27. The molecule has 2 aromatic carbocycles. The van der Waals surface area contributed by atoms with Crippen molar-refractivity contribution in [3.63, 3.8) is 0 Å². The summed E-state index contributed by atoms with van der Waals surface area (Å²) >= 11 is 15.2. The van der Waals surface area contributed by atoms with E-state index in [4.69, 9.17) is 23.2 Å². The molecule has 118 valence electrons. The average molecular weight is 415 g/mol. The molecule has 23 heavy (non-hydrogen) atoms. The number of hydrogen-bond donors (Lipinski definition) is 2. The summed E-state index contributed by atoms with van der Waals surface area (Å²) in [5.41, 5.74) is 3.05. The van der Waals surface area contributed by atoms with Gasteiger partial charge in [0.2, 0.25) is 0 Å². The van der Waals surface area contributed by atoms with E-state index in [-0.39, 0.29) is 0 Å². The van der Waals surface area contributed by atoms with Crippen molar-refractivity contribution in [2.75, 3.05) is 5.32 Å². The molecule has 0 atom stereocenters. The minimum absolute atomic E-state index is 0.384. The lowest BCUT2D eigenvalue weighted by molar-refractivity contribution is -0.136. The molecule has 0 saturated carbocycles. The van der Waals surface area contributed by atoms with Crippen molar-refractivity contribution in [1.29, 1.82) is 0 Å². The first-order chi connectivity index (χ1) is 11.0. The van der Waals surface area contributed by atoms with Gasteiger partial charge in [0, 0.05) is 15.7 Å². The lowest BCUT2D eigenvalue weighted by Gasteiger charge is -2.04. The van der Waals surface area contributed by atoms with Crippen LogP contribution in [0.4, 0.5) is 5.69 Å². The Kier molecular flexibility index (Phi) is 6.15. The number of nitrogens with one attached hydrogen (secondary N) is 2. The summed E-state index contributed by atoms with van der Waals surface area (Å²) in [7, 11) is 0. The monoisotopic (exact) mass is 413 g/mol. The van der Waals surface area contributed by atoms with Crippen LogP contribution in [0.3, 0.4) is 0 Å². The molecule has 0 bridgehead atoms. The maximum atomic E-state index is 11.7. The molecular weight excluding hydrogens is 405 g/mol. The highest BCUT2D eigenvalue weighted by molar-refractivity contribution is 9.10. The minimum atomic E-state index is -0.910. The molecule has 0 radical (unpaired) electrons. The van der Waals surface area contributed by atoms with Crippen molar-refractivity contribution in [1.82, 2.24) is 5.43 Å². The van der Waals surface area contributed by atoms with Crippen molar-refractivity contribution in [3.05, 3.63) is 62.5 Å². The van der Waals surface area contributed by atoms with Crippen LogP contribution in [-0.4, -0.2) is 18.0 Å². The second kappa shape index (κ2) is 8.10. The molecular formula is C15H10BrCl2N3O2. The van der Waals surface area contributed by atoms with Crippen molar-refractivity contribution in [2.45, 2.75) is 0 Å². The lowest BCUT2D eigenvalue weighted by atomic mass is 10.2. The second-order valence-electron chi connectivity index (χ2n) is 4.30. The summed E-state index contributed by atoms with van der Waals surface area (Å²) in [6, 6.07) is 11.8. The number of hydrogen-bond acceptors (Lipinski definition) is 3. The number of halogens is 3. The van der Waals surface area contributed by atoms with E-state index >= 15 is 0 Å². The Morgan fingerprint density at radius 3 is 2.22 bits per heavy atom. The molecule has 2 amide bonds. The molecule has 0 saturated heterocycles. The molecule has 0 aromatic heterocycles. The number of nitrogens with zero attached hydrogens (tertiary/aromatic N) is 1. The highest BCUT2D eigenvalue weighted by atomic mass is 79.9. The van der Waals surface area contributed by atoms with Gasteiger partial charge in [0.15, 0.2) is 0 Å². The van der Waals surface area contributed by atoms with Gasteiger partial charge in [0.05, 0.1) is 16.3 Å². The maximum Gasteiger partial charge on any atom is 0.329 e. The third-order valence-electron chi connectivity index (χ3n) is 2.67. The van der Waals surface area contributed by atoms with Crippen molar-refractivity contribution < 1.29 is 9.59 Å². The smallest absolute Gasteiger partial charge is 0.318 e. The fourth-order valence-corrected chi connectivity index (χ4v) is 2.32. The first-order valence-electron chi connectivity index (χ1n) is 6.31. The highest BCUT2D eigenvalue weighted by Gasteiger charge is 2.12. The van der Waals surface area contributed by atoms with Crippen molar-refractivity contribution >= 4 is 62.8 Å². The highest BCUT2D eigenvalue weighted by Crippen LogP contribution is 2.22. The van der Waals surface area contributed by atoms with Crippen LogP contribution in [0.15, 0.2) is 52.0 Å².